The number of nitrogens with zero attached hydrogens (tertiary/aromatic N) is 1. The molecule has 1 aromatic rings. The standard InChI is InChI=1S/C8H12N2OS/c1-5(11)6-4-10-7(12-6)8(2,3)9/h4H,9H2,1-3H3. The topological polar surface area (TPSA) is 56.0 Å². The maximum atomic E-state index is 10.9. The summed E-state index contributed by atoms with van der Waals surface area (Å²) in [6.45, 7) is 5.27. The van der Waals surface area contributed by atoms with Crippen LogP contribution in [-0.2, 0) is 5.54 Å². The number of aromatic nitrogens is 1. The van der Waals surface area contributed by atoms with Crippen LogP contribution in [0.4, 0.5) is 0 Å². The van der Waals surface area contributed by atoms with Gasteiger partial charge in [0.1, 0.15) is 5.01 Å². The Balaban J connectivity index is 3.00. The molecular weight excluding hydrogens is 172 g/mol. The van der Waals surface area contributed by atoms with Crippen molar-refractivity contribution < 1.29 is 4.79 Å². The molecule has 1 rings (SSSR count). The second kappa shape index (κ2) is 2.95. The van der Waals surface area contributed by atoms with Crippen molar-refractivity contribution in [2.45, 2.75) is 26.3 Å². The predicted octanol–water partition coefficient (Wildman–Crippen LogP) is 1.54. The molecule has 0 aromatic carbocycles. The van der Waals surface area contributed by atoms with Crippen LogP contribution in [0.5, 0.6) is 0 Å². The molecule has 0 radical (unpaired) electrons. The third-order valence-corrected chi connectivity index (χ3v) is 2.84. The van der Waals surface area contributed by atoms with Crippen LogP contribution in [0.15, 0.2) is 6.20 Å². The summed E-state index contributed by atoms with van der Waals surface area (Å²) in [5, 5.41) is 0.799. The fourth-order valence-corrected chi connectivity index (χ4v) is 1.56. The van der Waals surface area contributed by atoms with Crippen molar-refractivity contribution in [2.75, 3.05) is 0 Å². The second-order valence-corrected chi connectivity index (χ2v) is 4.34. The molecule has 0 fully saturated rings. The minimum atomic E-state index is -0.446. The SMILES string of the molecule is CC(=O)c1cnc(C(C)(C)N)s1. The van der Waals surface area contributed by atoms with Crippen molar-refractivity contribution in [2.24, 2.45) is 5.73 Å². The van der Waals surface area contributed by atoms with E-state index in [1.54, 1.807) is 6.20 Å². The minimum Gasteiger partial charge on any atom is -0.320 e. The van der Waals surface area contributed by atoms with Gasteiger partial charge in [0.15, 0.2) is 5.78 Å². The quantitative estimate of drug-likeness (QED) is 0.709. The summed E-state index contributed by atoms with van der Waals surface area (Å²) in [6, 6.07) is 0. The summed E-state index contributed by atoms with van der Waals surface area (Å²) in [4.78, 5) is 15.7. The molecule has 0 amide bonds. The molecule has 1 heterocycles. The van der Waals surface area contributed by atoms with Crippen molar-refractivity contribution in [3.05, 3.63) is 16.1 Å². The lowest BCUT2D eigenvalue weighted by molar-refractivity contribution is 0.102. The Kier molecular flexibility index (Phi) is 2.30. The highest BCUT2D eigenvalue weighted by atomic mass is 32.1. The number of hydrogen-bond acceptors (Lipinski definition) is 4. The molecule has 3 nitrogen and oxygen atoms in total. The summed E-state index contributed by atoms with van der Waals surface area (Å²) in [7, 11) is 0. The van der Waals surface area contributed by atoms with Crippen LogP contribution in [0.25, 0.3) is 0 Å². The van der Waals surface area contributed by atoms with E-state index in [0.717, 1.165) is 5.01 Å². The molecule has 0 aliphatic carbocycles. The van der Waals surface area contributed by atoms with Gasteiger partial charge in [0, 0.05) is 13.1 Å². The van der Waals surface area contributed by atoms with E-state index in [2.05, 4.69) is 4.98 Å². The molecule has 0 spiro atoms. The molecule has 0 aliphatic heterocycles. The van der Waals surface area contributed by atoms with Gasteiger partial charge in [-0.1, -0.05) is 0 Å². The van der Waals surface area contributed by atoms with Gasteiger partial charge < -0.3 is 5.73 Å². The molecule has 1 aromatic heterocycles. The lowest BCUT2D eigenvalue weighted by Gasteiger charge is -2.13. The molecule has 2 N–H and O–H groups in total. The van der Waals surface area contributed by atoms with E-state index in [0.29, 0.717) is 4.88 Å². The van der Waals surface area contributed by atoms with E-state index in [-0.39, 0.29) is 5.78 Å². The predicted molar refractivity (Wildman–Crippen MR) is 49.3 cm³/mol. The first-order valence-electron chi connectivity index (χ1n) is 3.67. The van der Waals surface area contributed by atoms with Gasteiger partial charge >= 0.3 is 0 Å². The molecule has 0 unspecified atom stereocenters. The van der Waals surface area contributed by atoms with Gasteiger partial charge in [-0.15, -0.1) is 11.3 Å². The van der Waals surface area contributed by atoms with Gasteiger partial charge in [-0.3, -0.25) is 4.79 Å². The van der Waals surface area contributed by atoms with Crippen LogP contribution in [0.1, 0.15) is 35.5 Å². The average Bonchev–Trinajstić information content (AvgIpc) is 2.30. The molecule has 0 saturated carbocycles. The zero-order chi connectivity index (χ0) is 9.35. The van der Waals surface area contributed by atoms with Crippen molar-refractivity contribution >= 4 is 17.1 Å². The van der Waals surface area contributed by atoms with Crippen LogP contribution in [0.2, 0.25) is 0 Å². The summed E-state index contributed by atoms with van der Waals surface area (Å²) in [5.41, 5.74) is 5.36. The number of thiazole rings is 1. The normalized spacial score (nSPS) is 11.7. The summed E-state index contributed by atoms with van der Waals surface area (Å²) in [6.07, 6.45) is 1.58. The average molecular weight is 184 g/mol. The first-order valence-corrected chi connectivity index (χ1v) is 4.49. The van der Waals surface area contributed by atoms with Crippen molar-refractivity contribution in [1.82, 2.24) is 4.98 Å². The smallest absolute Gasteiger partial charge is 0.171 e. The number of Topliss-reactive ketones (excluding diaryl/α,β-unsaturated/α-hetero) is 1. The van der Waals surface area contributed by atoms with Gasteiger partial charge in [-0.05, 0) is 13.8 Å². The van der Waals surface area contributed by atoms with Crippen LogP contribution in [0.3, 0.4) is 0 Å². The monoisotopic (exact) mass is 184 g/mol. The Morgan fingerprint density at radius 1 is 1.67 bits per heavy atom. The van der Waals surface area contributed by atoms with Crippen LogP contribution in [0, 0.1) is 0 Å². The van der Waals surface area contributed by atoms with Crippen molar-refractivity contribution in [3.8, 4) is 0 Å². The molecular formula is C8H12N2OS. The Labute approximate surface area is 75.6 Å². The van der Waals surface area contributed by atoms with Gasteiger partial charge in [-0.25, -0.2) is 4.98 Å². The first kappa shape index (κ1) is 9.35. The van der Waals surface area contributed by atoms with Gasteiger partial charge in [-0.2, -0.15) is 0 Å². The van der Waals surface area contributed by atoms with E-state index in [9.17, 15) is 4.79 Å². The molecule has 0 bridgehead atoms. The minimum absolute atomic E-state index is 0.0444. The van der Waals surface area contributed by atoms with E-state index in [1.807, 2.05) is 13.8 Å². The molecule has 0 aliphatic rings. The summed E-state index contributed by atoms with van der Waals surface area (Å²) in [5.74, 6) is 0.0444. The van der Waals surface area contributed by atoms with Crippen LogP contribution < -0.4 is 5.73 Å². The fraction of sp³-hybridized carbons (Fsp3) is 0.500. The molecule has 12 heavy (non-hydrogen) atoms. The van der Waals surface area contributed by atoms with E-state index in [4.69, 9.17) is 5.73 Å². The highest BCUT2D eigenvalue weighted by molar-refractivity contribution is 7.13. The van der Waals surface area contributed by atoms with Crippen molar-refractivity contribution in [3.63, 3.8) is 0 Å². The van der Waals surface area contributed by atoms with E-state index in [1.165, 1.54) is 18.3 Å². The van der Waals surface area contributed by atoms with Gasteiger partial charge in [0.2, 0.25) is 0 Å². The Morgan fingerprint density at radius 3 is 2.50 bits per heavy atom. The molecule has 66 valence electrons. The summed E-state index contributed by atoms with van der Waals surface area (Å²) < 4.78 is 0. The largest absolute Gasteiger partial charge is 0.320 e. The zero-order valence-electron chi connectivity index (χ0n) is 7.42. The lowest BCUT2D eigenvalue weighted by Crippen LogP contribution is -2.28. The van der Waals surface area contributed by atoms with Gasteiger partial charge in [0.05, 0.1) is 10.4 Å². The second-order valence-electron chi connectivity index (χ2n) is 3.31. The summed E-state index contributed by atoms with van der Waals surface area (Å²) >= 11 is 1.36. The number of carbonyl (C=O) groups is 1. The first-order chi connectivity index (χ1) is 5.41. The molecule has 0 atom stereocenters. The maximum Gasteiger partial charge on any atom is 0.171 e. The Hall–Kier alpha value is -0.740. The van der Waals surface area contributed by atoms with Crippen molar-refractivity contribution in [1.29, 1.82) is 0 Å². The third kappa shape index (κ3) is 1.89. The highest BCUT2D eigenvalue weighted by Gasteiger charge is 2.19. The Bertz CT molecular complexity index is 298. The molecule has 4 heteroatoms. The van der Waals surface area contributed by atoms with Crippen LogP contribution in [-0.4, -0.2) is 10.8 Å². The Morgan fingerprint density at radius 2 is 2.25 bits per heavy atom. The zero-order valence-corrected chi connectivity index (χ0v) is 8.23. The van der Waals surface area contributed by atoms with Gasteiger partial charge in [0.25, 0.3) is 0 Å². The van der Waals surface area contributed by atoms with E-state index < -0.39 is 5.54 Å². The maximum absolute atomic E-state index is 10.9. The van der Waals surface area contributed by atoms with Crippen LogP contribution >= 0.6 is 11.3 Å². The molecule has 0 saturated heterocycles. The highest BCUT2D eigenvalue weighted by Crippen LogP contribution is 2.22. The number of rotatable bonds is 2. The fourth-order valence-electron chi connectivity index (χ4n) is 0.735. The third-order valence-electron chi connectivity index (χ3n) is 1.40. The number of nitrogens with two attached hydrogens (primary N) is 1. The lowest BCUT2D eigenvalue weighted by atomic mass is 10.1. The number of ketones is 1. The van der Waals surface area contributed by atoms with E-state index >= 15 is 0 Å². The number of hydrogen-bond donors (Lipinski definition) is 1. The number of carbonyl (C=O) groups excluding carboxylic acids is 1.